The van der Waals surface area contributed by atoms with E-state index in [2.05, 4.69) is 15.0 Å². The van der Waals surface area contributed by atoms with E-state index in [1.807, 2.05) is 0 Å². The summed E-state index contributed by atoms with van der Waals surface area (Å²) in [5, 5.41) is 19.1. The monoisotopic (exact) mass is 242 g/mol. The number of anilines is 3. The smallest absolute Gasteiger partial charge is 0.236 e. The fourth-order valence-corrected chi connectivity index (χ4v) is 1.33. The van der Waals surface area contributed by atoms with Crippen molar-refractivity contribution in [2.75, 3.05) is 29.6 Å². The Bertz CT molecular complexity index is 374. The van der Waals surface area contributed by atoms with Gasteiger partial charge in [-0.3, -0.25) is 4.90 Å². The minimum atomic E-state index is -0.938. The Morgan fingerprint density at radius 3 is 1.88 bits per heavy atom. The van der Waals surface area contributed by atoms with Gasteiger partial charge in [-0.2, -0.15) is 15.0 Å². The van der Waals surface area contributed by atoms with E-state index in [0.717, 1.165) is 0 Å². The quantitative estimate of drug-likeness (QED) is 0.577. The van der Waals surface area contributed by atoms with E-state index < -0.39 is 12.5 Å². The first kappa shape index (κ1) is 13.4. The average molecular weight is 242 g/mol. The molecule has 8 nitrogen and oxygen atoms in total. The molecular formula is C9H18N6O2. The molecule has 96 valence electrons. The summed E-state index contributed by atoms with van der Waals surface area (Å²) < 4.78 is 0. The molecule has 4 N–H and O–H groups in total. The van der Waals surface area contributed by atoms with E-state index in [-0.39, 0.29) is 11.9 Å². The van der Waals surface area contributed by atoms with Gasteiger partial charge in [-0.1, -0.05) is 0 Å². The molecule has 8 heteroatoms. The molecule has 1 aromatic rings. The van der Waals surface area contributed by atoms with E-state index >= 15 is 0 Å². The molecule has 0 bridgehead atoms. The molecule has 1 heterocycles. The topological polar surface area (TPSA) is 112 Å². The largest absolute Gasteiger partial charge is 0.374 e. The highest BCUT2D eigenvalue weighted by Gasteiger charge is 2.21. The van der Waals surface area contributed by atoms with Crippen LogP contribution in [0.5, 0.6) is 0 Å². The van der Waals surface area contributed by atoms with Crippen LogP contribution in [0.2, 0.25) is 0 Å². The first-order valence-electron chi connectivity index (χ1n) is 5.16. The molecule has 0 aliphatic heterocycles. The lowest BCUT2D eigenvalue weighted by molar-refractivity contribution is 0.103. The molecule has 0 aliphatic rings. The summed E-state index contributed by atoms with van der Waals surface area (Å²) in [7, 11) is 3.52. The molecule has 0 saturated heterocycles. The fraction of sp³-hybridized carbons (Fsp3) is 0.667. The predicted octanol–water partition coefficient (Wildman–Crippen LogP) is -0.997. The van der Waals surface area contributed by atoms with Gasteiger partial charge >= 0.3 is 0 Å². The molecule has 0 aliphatic carbocycles. The van der Waals surface area contributed by atoms with Crippen molar-refractivity contribution >= 4 is 17.8 Å². The minimum absolute atomic E-state index is 0.0324. The Balaban J connectivity index is 3.19. The van der Waals surface area contributed by atoms with Gasteiger partial charge in [-0.05, 0) is 13.8 Å². The summed E-state index contributed by atoms with van der Waals surface area (Å²) in [6.45, 7) is 3.00. The summed E-state index contributed by atoms with van der Waals surface area (Å²) in [6, 6.07) is 0. The molecule has 17 heavy (non-hydrogen) atoms. The van der Waals surface area contributed by atoms with E-state index in [0.29, 0.717) is 5.95 Å². The van der Waals surface area contributed by atoms with Crippen molar-refractivity contribution in [3.05, 3.63) is 0 Å². The van der Waals surface area contributed by atoms with Gasteiger partial charge in [0.2, 0.25) is 17.8 Å². The fourth-order valence-electron chi connectivity index (χ4n) is 1.33. The van der Waals surface area contributed by atoms with E-state index in [9.17, 15) is 10.2 Å². The average Bonchev–Trinajstić information content (AvgIpc) is 2.15. The summed E-state index contributed by atoms with van der Waals surface area (Å²) in [5.74, 6) is 0.523. The van der Waals surface area contributed by atoms with E-state index in [1.165, 1.54) is 18.7 Å². The normalized spacial score (nSPS) is 14.2. The zero-order chi connectivity index (χ0) is 13.2. The molecule has 1 aromatic heterocycles. The number of nitrogens with two attached hydrogens (primary N) is 1. The first-order valence-corrected chi connectivity index (χ1v) is 5.16. The highest BCUT2D eigenvalue weighted by molar-refractivity contribution is 5.43. The lowest BCUT2D eigenvalue weighted by Gasteiger charge is -2.28. The Labute approximate surface area is 99.7 Å². The predicted molar refractivity (Wildman–Crippen MR) is 64.4 cm³/mol. The van der Waals surface area contributed by atoms with Crippen molar-refractivity contribution in [2.24, 2.45) is 0 Å². The van der Waals surface area contributed by atoms with E-state index in [4.69, 9.17) is 5.73 Å². The van der Waals surface area contributed by atoms with Crippen LogP contribution in [0.15, 0.2) is 0 Å². The second-order valence-corrected chi connectivity index (χ2v) is 3.86. The molecule has 1 rings (SSSR count). The maximum Gasteiger partial charge on any atom is 0.236 e. The Morgan fingerprint density at radius 1 is 1.00 bits per heavy atom. The summed E-state index contributed by atoms with van der Waals surface area (Å²) in [6.07, 6.45) is -1.88. The zero-order valence-corrected chi connectivity index (χ0v) is 10.4. The van der Waals surface area contributed by atoms with E-state index in [1.54, 1.807) is 19.0 Å². The SMILES string of the molecule is CC(O)N(c1nc(N)nc(N(C)C)n1)C(C)O. The minimum Gasteiger partial charge on any atom is -0.374 e. The van der Waals surface area contributed by atoms with Crippen LogP contribution in [0.4, 0.5) is 17.8 Å². The van der Waals surface area contributed by atoms with Crippen molar-refractivity contribution in [1.82, 2.24) is 15.0 Å². The van der Waals surface area contributed by atoms with Crippen LogP contribution in [0, 0.1) is 0 Å². The zero-order valence-electron chi connectivity index (χ0n) is 10.4. The van der Waals surface area contributed by atoms with Crippen LogP contribution < -0.4 is 15.5 Å². The number of aromatic nitrogens is 3. The summed E-state index contributed by atoms with van der Waals surface area (Å²) in [5.41, 5.74) is 5.56. The van der Waals surface area contributed by atoms with Crippen LogP contribution in [0.1, 0.15) is 13.8 Å². The maximum absolute atomic E-state index is 9.57. The third-order valence-electron chi connectivity index (χ3n) is 2.07. The highest BCUT2D eigenvalue weighted by atomic mass is 16.3. The van der Waals surface area contributed by atoms with Gasteiger partial charge in [-0.15, -0.1) is 0 Å². The molecule has 0 radical (unpaired) electrons. The molecule has 2 unspecified atom stereocenters. The van der Waals surface area contributed by atoms with Crippen molar-refractivity contribution in [2.45, 2.75) is 26.3 Å². The number of hydrogen-bond donors (Lipinski definition) is 3. The lowest BCUT2D eigenvalue weighted by Crippen LogP contribution is -2.41. The number of hydrogen-bond acceptors (Lipinski definition) is 8. The number of rotatable bonds is 4. The number of aliphatic hydroxyl groups is 2. The third-order valence-corrected chi connectivity index (χ3v) is 2.07. The van der Waals surface area contributed by atoms with Gasteiger partial charge in [0.25, 0.3) is 0 Å². The molecule has 2 atom stereocenters. The standard InChI is InChI=1S/C9H18N6O2/c1-5(16)15(6(2)17)9-12-7(10)11-8(13-9)14(3)4/h5-6,16-17H,1-4H3,(H2,10,11,12,13). The first-order chi connectivity index (χ1) is 7.82. The Hall–Kier alpha value is -1.67. The van der Waals surface area contributed by atoms with Crippen molar-refractivity contribution in [1.29, 1.82) is 0 Å². The molecule has 0 spiro atoms. The molecule has 0 fully saturated rings. The van der Waals surface area contributed by atoms with Crippen molar-refractivity contribution in [3.63, 3.8) is 0 Å². The second kappa shape index (κ2) is 5.11. The van der Waals surface area contributed by atoms with Gasteiger partial charge < -0.3 is 20.8 Å². The van der Waals surface area contributed by atoms with Crippen LogP contribution in [-0.2, 0) is 0 Å². The Morgan fingerprint density at radius 2 is 1.47 bits per heavy atom. The van der Waals surface area contributed by atoms with Crippen molar-refractivity contribution < 1.29 is 10.2 Å². The summed E-state index contributed by atoms with van der Waals surface area (Å²) >= 11 is 0. The molecule has 0 saturated carbocycles. The van der Waals surface area contributed by atoms with Crippen LogP contribution in [-0.4, -0.2) is 51.7 Å². The second-order valence-electron chi connectivity index (χ2n) is 3.86. The molecular weight excluding hydrogens is 224 g/mol. The highest BCUT2D eigenvalue weighted by Crippen LogP contribution is 2.16. The van der Waals surface area contributed by atoms with Gasteiger partial charge in [0.05, 0.1) is 0 Å². The van der Waals surface area contributed by atoms with Gasteiger partial charge in [0, 0.05) is 14.1 Å². The lowest BCUT2D eigenvalue weighted by atomic mass is 10.4. The Kier molecular flexibility index (Phi) is 4.02. The summed E-state index contributed by atoms with van der Waals surface area (Å²) in [4.78, 5) is 14.8. The van der Waals surface area contributed by atoms with Crippen LogP contribution >= 0.6 is 0 Å². The number of nitrogens with zero attached hydrogens (tertiary/aromatic N) is 5. The molecule has 0 amide bonds. The number of nitrogen functional groups attached to an aromatic ring is 1. The third kappa shape index (κ3) is 3.14. The van der Waals surface area contributed by atoms with Crippen molar-refractivity contribution in [3.8, 4) is 0 Å². The molecule has 0 aromatic carbocycles. The van der Waals surface area contributed by atoms with Gasteiger partial charge in [0.1, 0.15) is 12.5 Å². The van der Waals surface area contributed by atoms with Crippen LogP contribution in [0.25, 0.3) is 0 Å². The van der Waals surface area contributed by atoms with Gasteiger partial charge in [0.15, 0.2) is 0 Å². The van der Waals surface area contributed by atoms with Crippen LogP contribution in [0.3, 0.4) is 0 Å². The van der Waals surface area contributed by atoms with Gasteiger partial charge in [-0.25, -0.2) is 0 Å². The number of aliphatic hydroxyl groups excluding tert-OH is 2. The maximum atomic E-state index is 9.57.